The maximum absolute atomic E-state index is 13.0. The minimum Gasteiger partial charge on any atom is -0.355 e. The molecule has 1 N–H and O–H groups in total. The third kappa shape index (κ3) is 5.81. The number of likely N-dealkylation sites (tertiary alicyclic amines) is 2. The molecule has 1 aromatic carbocycles. The molecule has 5 heteroatoms. The number of piperidine rings is 2. The van der Waals surface area contributed by atoms with Crippen LogP contribution in [0.3, 0.4) is 0 Å². The second kappa shape index (κ2) is 9.75. The molecule has 0 radical (unpaired) electrons. The molecule has 5 nitrogen and oxygen atoms in total. The summed E-state index contributed by atoms with van der Waals surface area (Å²) < 4.78 is 0. The van der Waals surface area contributed by atoms with Gasteiger partial charge in [-0.2, -0.15) is 0 Å². The molecule has 0 aromatic heterocycles. The van der Waals surface area contributed by atoms with Gasteiger partial charge in [0.1, 0.15) is 0 Å². The number of benzene rings is 1. The molecule has 29 heavy (non-hydrogen) atoms. The quantitative estimate of drug-likeness (QED) is 0.826. The molecule has 0 saturated carbocycles. The van der Waals surface area contributed by atoms with Crippen LogP contribution >= 0.6 is 0 Å². The molecular weight excluding hydrogens is 362 g/mol. The van der Waals surface area contributed by atoms with Crippen LogP contribution in [0.5, 0.6) is 0 Å². The van der Waals surface area contributed by atoms with Crippen molar-refractivity contribution in [2.45, 2.75) is 59.4 Å². The number of carbonyl (C=O) groups is 2. The van der Waals surface area contributed by atoms with Crippen LogP contribution in [0.25, 0.3) is 0 Å². The van der Waals surface area contributed by atoms with E-state index in [4.69, 9.17) is 0 Å². The Balaban J connectivity index is 1.53. The van der Waals surface area contributed by atoms with E-state index in [-0.39, 0.29) is 17.7 Å². The van der Waals surface area contributed by atoms with E-state index < -0.39 is 0 Å². The van der Waals surface area contributed by atoms with Gasteiger partial charge >= 0.3 is 0 Å². The minimum absolute atomic E-state index is 0.0501. The third-order valence-electron chi connectivity index (χ3n) is 6.39. The lowest BCUT2D eigenvalue weighted by Gasteiger charge is -2.36. The predicted octanol–water partition coefficient (Wildman–Crippen LogP) is 3.39. The van der Waals surface area contributed by atoms with E-state index >= 15 is 0 Å². The molecule has 2 atom stereocenters. The summed E-state index contributed by atoms with van der Waals surface area (Å²) in [6.07, 6.45) is 4.15. The topological polar surface area (TPSA) is 52.7 Å². The SMILES string of the molecule is Cc1cc(C)cc(C(=O)N2CCCC(C(=O)NCC3CCCN(C(C)C)C3)C2)c1. The maximum Gasteiger partial charge on any atom is 0.253 e. The van der Waals surface area contributed by atoms with Crippen LogP contribution in [-0.4, -0.2) is 60.4 Å². The highest BCUT2D eigenvalue weighted by Gasteiger charge is 2.30. The van der Waals surface area contributed by atoms with Crippen molar-refractivity contribution in [2.75, 3.05) is 32.7 Å². The molecule has 2 amide bonds. The lowest BCUT2D eigenvalue weighted by molar-refractivity contribution is -0.126. The molecule has 2 fully saturated rings. The molecule has 0 spiro atoms. The lowest BCUT2D eigenvalue weighted by atomic mass is 9.94. The Morgan fingerprint density at radius 3 is 2.41 bits per heavy atom. The van der Waals surface area contributed by atoms with Crippen molar-refractivity contribution in [1.29, 1.82) is 0 Å². The summed E-state index contributed by atoms with van der Waals surface area (Å²) in [5, 5.41) is 3.20. The predicted molar refractivity (Wildman–Crippen MR) is 117 cm³/mol. The second-order valence-corrected chi connectivity index (χ2v) is 9.31. The van der Waals surface area contributed by atoms with E-state index in [2.05, 4.69) is 30.1 Å². The summed E-state index contributed by atoms with van der Waals surface area (Å²) in [5.41, 5.74) is 2.93. The van der Waals surface area contributed by atoms with E-state index in [1.54, 1.807) is 0 Å². The van der Waals surface area contributed by atoms with Crippen molar-refractivity contribution < 1.29 is 9.59 Å². The molecule has 0 bridgehead atoms. The second-order valence-electron chi connectivity index (χ2n) is 9.31. The van der Waals surface area contributed by atoms with Crippen LogP contribution in [-0.2, 0) is 4.79 Å². The van der Waals surface area contributed by atoms with Crippen LogP contribution in [0.4, 0.5) is 0 Å². The van der Waals surface area contributed by atoms with Crippen molar-refractivity contribution >= 4 is 11.8 Å². The van der Waals surface area contributed by atoms with Crippen LogP contribution in [0.2, 0.25) is 0 Å². The summed E-state index contributed by atoms with van der Waals surface area (Å²) in [5.74, 6) is 0.605. The van der Waals surface area contributed by atoms with Gasteiger partial charge in [-0.3, -0.25) is 9.59 Å². The summed E-state index contributed by atoms with van der Waals surface area (Å²) >= 11 is 0. The Bertz CT molecular complexity index is 711. The summed E-state index contributed by atoms with van der Waals surface area (Å²) in [4.78, 5) is 30.1. The van der Waals surface area contributed by atoms with Gasteiger partial charge in [0.25, 0.3) is 5.91 Å². The summed E-state index contributed by atoms with van der Waals surface area (Å²) in [6, 6.07) is 6.54. The molecule has 2 unspecified atom stereocenters. The highest BCUT2D eigenvalue weighted by atomic mass is 16.2. The van der Waals surface area contributed by atoms with Gasteiger partial charge < -0.3 is 15.1 Å². The highest BCUT2D eigenvalue weighted by Crippen LogP contribution is 2.21. The number of hydrogen-bond donors (Lipinski definition) is 1. The van der Waals surface area contributed by atoms with Crippen molar-refractivity contribution in [3.63, 3.8) is 0 Å². The number of carbonyl (C=O) groups excluding carboxylic acids is 2. The number of aryl methyl sites for hydroxylation is 2. The average Bonchev–Trinajstić information content (AvgIpc) is 2.71. The number of hydrogen-bond acceptors (Lipinski definition) is 3. The number of nitrogens with zero attached hydrogens (tertiary/aromatic N) is 2. The zero-order chi connectivity index (χ0) is 21.0. The van der Waals surface area contributed by atoms with Crippen molar-refractivity contribution in [3.05, 3.63) is 34.9 Å². The van der Waals surface area contributed by atoms with E-state index in [0.29, 0.717) is 18.5 Å². The van der Waals surface area contributed by atoms with Crippen molar-refractivity contribution in [1.82, 2.24) is 15.1 Å². The zero-order valence-corrected chi connectivity index (χ0v) is 18.5. The number of nitrogens with one attached hydrogen (secondary N) is 1. The smallest absolute Gasteiger partial charge is 0.253 e. The number of rotatable bonds is 5. The van der Waals surface area contributed by atoms with Crippen LogP contribution in [0.1, 0.15) is 61.0 Å². The highest BCUT2D eigenvalue weighted by molar-refractivity contribution is 5.95. The van der Waals surface area contributed by atoms with Crippen molar-refractivity contribution in [3.8, 4) is 0 Å². The van der Waals surface area contributed by atoms with Crippen LogP contribution in [0.15, 0.2) is 18.2 Å². The van der Waals surface area contributed by atoms with E-state index in [0.717, 1.165) is 49.2 Å². The first-order valence-electron chi connectivity index (χ1n) is 11.2. The van der Waals surface area contributed by atoms with E-state index in [1.807, 2.05) is 30.9 Å². The standard InChI is InChI=1S/C24H37N3O2/c1-17(2)26-9-5-7-20(15-26)14-25-23(28)21-8-6-10-27(16-21)24(29)22-12-18(3)11-19(4)13-22/h11-13,17,20-21H,5-10,14-16H2,1-4H3,(H,25,28). The molecule has 2 saturated heterocycles. The molecule has 160 valence electrons. The Morgan fingerprint density at radius 2 is 1.72 bits per heavy atom. The first-order valence-corrected chi connectivity index (χ1v) is 11.2. The molecule has 2 aliphatic heterocycles. The maximum atomic E-state index is 13.0. The Morgan fingerprint density at radius 1 is 1.03 bits per heavy atom. The number of amides is 2. The third-order valence-corrected chi connectivity index (χ3v) is 6.39. The van der Waals surface area contributed by atoms with Gasteiger partial charge in [0.2, 0.25) is 5.91 Å². The Hall–Kier alpha value is -1.88. The Labute approximate surface area is 175 Å². The van der Waals surface area contributed by atoms with Crippen LogP contribution in [0, 0.1) is 25.7 Å². The first kappa shape index (κ1) is 21.8. The molecule has 3 rings (SSSR count). The van der Waals surface area contributed by atoms with Gasteiger partial charge in [-0.1, -0.05) is 17.2 Å². The first-order chi connectivity index (χ1) is 13.8. The van der Waals surface area contributed by atoms with E-state index in [1.165, 1.54) is 19.4 Å². The van der Waals surface area contributed by atoms with Gasteiger partial charge in [0, 0.05) is 37.8 Å². The molecule has 0 aliphatic carbocycles. The fraction of sp³-hybridized carbons (Fsp3) is 0.667. The van der Waals surface area contributed by atoms with Gasteiger partial charge in [-0.25, -0.2) is 0 Å². The van der Waals surface area contributed by atoms with Gasteiger partial charge in [-0.05, 0) is 78.0 Å². The normalized spacial score (nSPS) is 23.3. The minimum atomic E-state index is -0.0941. The van der Waals surface area contributed by atoms with Gasteiger partial charge in [0.15, 0.2) is 0 Å². The summed E-state index contributed by atoms with van der Waals surface area (Å²) in [7, 11) is 0. The van der Waals surface area contributed by atoms with Crippen LogP contribution < -0.4 is 5.32 Å². The molecular formula is C24H37N3O2. The van der Waals surface area contributed by atoms with Gasteiger partial charge in [0.05, 0.1) is 5.92 Å². The fourth-order valence-corrected chi connectivity index (χ4v) is 4.78. The molecule has 2 heterocycles. The average molecular weight is 400 g/mol. The largest absolute Gasteiger partial charge is 0.355 e. The zero-order valence-electron chi connectivity index (χ0n) is 18.5. The molecule has 1 aromatic rings. The monoisotopic (exact) mass is 399 g/mol. The lowest BCUT2D eigenvalue weighted by Crippen LogP contribution is -2.48. The van der Waals surface area contributed by atoms with E-state index in [9.17, 15) is 9.59 Å². The fourth-order valence-electron chi connectivity index (χ4n) is 4.78. The van der Waals surface area contributed by atoms with Crippen molar-refractivity contribution in [2.24, 2.45) is 11.8 Å². The molecule has 2 aliphatic rings. The Kier molecular flexibility index (Phi) is 7.33. The van der Waals surface area contributed by atoms with Gasteiger partial charge in [-0.15, -0.1) is 0 Å². The summed E-state index contributed by atoms with van der Waals surface area (Å²) in [6.45, 7) is 12.8.